The number of likely N-dealkylation sites (tertiary alicyclic amines) is 1. The van der Waals surface area contributed by atoms with E-state index in [1.54, 1.807) is 0 Å². The van der Waals surface area contributed by atoms with Gasteiger partial charge in [-0.3, -0.25) is 14.6 Å². The first-order valence-electron chi connectivity index (χ1n) is 8.96. The Labute approximate surface area is 153 Å². The number of likely N-dealkylation sites (N-methyl/N-ethyl adjacent to an activating group) is 1. The summed E-state index contributed by atoms with van der Waals surface area (Å²) in [5, 5.41) is 11.3. The van der Waals surface area contributed by atoms with Crippen LogP contribution in [0, 0.1) is 0 Å². The topological polar surface area (TPSA) is 43.8 Å². The first-order valence-corrected chi connectivity index (χ1v) is 9.84. The summed E-state index contributed by atoms with van der Waals surface area (Å²) in [4.78, 5) is 17.0. The zero-order chi connectivity index (χ0) is 17.6. The summed E-state index contributed by atoms with van der Waals surface area (Å²) in [6.07, 6.45) is 2.11. The van der Waals surface area contributed by atoms with Gasteiger partial charge >= 0.3 is 5.97 Å². The highest BCUT2D eigenvalue weighted by atomic mass is 32.1. The lowest BCUT2D eigenvalue weighted by Crippen LogP contribution is -2.46. The monoisotopic (exact) mass is 358 g/mol. The summed E-state index contributed by atoms with van der Waals surface area (Å²) in [6, 6.07) is 13.2. The molecule has 1 aliphatic rings. The Morgan fingerprint density at radius 1 is 1.24 bits per heavy atom. The minimum absolute atomic E-state index is 0.159. The number of piperidine rings is 1. The van der Waals surface area contributed by atoms with E-state index in [0.29, 0.717) is 6.04 Å². The highest BCUT2D eigenvalue weighted by Crippen LogP contribution is 2.27. The lowest BCUT2D eigenvalue weighted by atomic mass is 10.0. The number of rotatable bonds is 7. The summed E-state index contributed by atoms with van der Waals surface area (Å²) < 4.78 is 0. The van der Waals surface area contributed by atoms with E-state index >= 15 is 0 Å². The molecule has 25 heavy (non-hydrogen) atoms. The molecule has 1 saturated heterocycles. The van der Waals surface area contributed by atoms with Crippen LogP contribution in [0.2, 0.25) is 0 Å². The van der Waals surface area contributed by atoms with Gasteiger partial charge in [-0.1, -0.05) is 37.3 Å². The second kappa shape index (κ2) is 8.61. The average molecular weight is 359 g/mol. The van der Waals surface area contributed by atoms with Gasteiger partial charge in [0.25, 0.3) is 0 Å². The van der Waals surface area contributed by atoms with Gasteiger partial charge < -0.3 is 5.11 Å². The van der Waals surface area contributed by atoms with Crippen LogP contribution in [0.1, 0.15) is 24.6 Å². The molecule has 0 bridgehead atoms. The Kier molecular flexibility index (Phi) is 6.24. The molecule has 1 aromatic carbocycles. The van der Waals surface area contributed by atoms with Gasteiger partial charge in [-0.2, -0.15) is 0 Å². The van der Waals surface area contributed by atoms with Gasteiger partial charge in [0.2, 0.25) is 0 Å². The lowest BCUT2D eigenvalue weighted by molar-refractivity contribution is -0.139. The number of carboxylic acid groups (broad SMARTS) is 1. The second-order valence-corrected chi connectivity index (χ2v) is 7.63. The predicted octanol–water partition coefficient (Wildman–Crippen LogP) is 3.79. The zero-order valence-electron chi connectivity index (χ0n) is 14.7. The van der Waals surface area contributed by atoms with Gasteiger partial charge in [0.1, 0.15) is 0 Å². The Balaban J connectivity index is 1.52. The number of hydrogen-bond donors (Lipinski definition) is 1. The third-order valence-corrected chi connectivity index (χ3v) is 5.88. The normalized spacial score (nSPS) is 16.4. The fourth-order valence-electron chi connectivity index (χ4n) is 3.58. The largest absolute Gasteiger partial charge is 0.480 e. The number of hydrogen-bond acceptors (Lipinski definition) is 4. The first kappa shape index (κ1) is 18.1. The second-order valence-electron chi connectivity index (χ2n) is 6.63. The molecule has 0 spiro atoms. The van der Waals surface area contributed by atoms with Crippen molar-refractivity contribution in [2.45, 2.75) is 32.4 Å². The maximum Gasteiger partial charge on any atom is 0.317 e. The molecule has 2 heterocycles. The predicted molar refractivity (Wildman–Crippen MR) is 103 cm³/mol. The molecule has 0 radical (unpaired) electrons. The zero-order valence-corrected chi connectivity index (χ0v) is 15.5. The summed E-state index contributed by atoms with van der Waals surface area (Å²) in [7, 11) is 0. The summed E-state index contributed by atoms with van der Waals surface area (Å²) in [6.45, 7) is 6.09. The third-order valence-electron chi connectivity index (χ3n) is 4.96. The van der Waals surface area contributed by atoms with Crippen molar-refractivity contribution in [3.63, 3.8) is 0 Å². The molecule has 3 rings (SSSR count). The molecule has 4 nitrogen and oxygen atoms in total. The van der Waals surface area contributed by atoms with Crippen LogP contribution >= 0.6 is 11.3 Å². The van der Waals surface area contributed by atoms with Crippen LogP contribution in [-0.4, -0.2) is 53.1 Å². The fraction of sp³-hybridized carbons (Fsp3) is 0.450. The van der Waals surface area contributed by atoms with Crippen molar-refractivity contribution >= 4 is 17.3 Å². The van der Waals surface area contributed by atoms with Gasteiger partial charge in [0, 0.05) is 30.6 Å². The van der Waals surface area contributed by atoms with Crippen LogP contribution in [0.15, 0.2) is 41.8 Å². The molecule has 2 aromatic rings. The van der Waals surface area contributed by atoms with Gasteiger partial charge in [-0.05, 0) is 42.0 Å². The van der Waals surface area contributed by atoms with Crippen molar-refractivity contribution in [1.82, 2.24) is 9.80 Å². The van der Waals surface area contributed by atoms with E-state index < -0.39 is 5.97 Å². The molecule has 0 aliphatic carbocycles. The SMILES string of the molecule is CCN(CC(=O)O)C1CCN(Cc2cc(-c3ccccc3)cs2)CC1. The van der Waals surface area contributed by atoms with Gasteiger partial charge in [-0.15, -0.1) is 11.3 Å². The Morgan fingerprint density at radius 3 is 2.60 bits per heavy atom. The Hall–Kier alpha value is -1.69. The highest BCUT2D eigenvalue weighted by molar-refractivity contribution is 7.10. The Bertz CT molecular complexity index is 678. The molecule has 0 amide bonds. The Morgan fingerprint density at radius 2 is 1.96 bits per heavy atom. The van der Waals surface area contributed by atoms with Crippen molar-refractivity contribution < 1.29 is 9.90 Å². The maximum atomic E-state index is 11.0. The van der Waals surface area contributed by atoms with Crippen LogP contribution in [-0.2, 0) is 11.3 Å². The van der Waals surface area contributed by atoms with E-state index in [4.69, 9.17) is 5.11 Å². The summed E-state index contributed by atoms with van der Waals surface area (Å²) in [5.41, 5.74) is 2.57. The number of aliphatic carboxylic acids is 1. The molecule has 1 N–H and O–H groups in total. The number of carboxylic acids is 1. The molecular weight excluding hydrogens is 332 g/mol. The van der Waals surface area contributed by atoms with Gasteiger partial charge in [0.15, 0.2) is 0 Å². The molecule has 0 atom stereocenters. The molecule has 134 valence electrons. The van der Waals surface area contributed by atoms with Crippen LogP contribution in [0.3, 0.4) is 0 Å². The van der Waals surface area contributed by atoms with E-state index in [-0.39, 0.29) is 6.54 Å². The summed E-state index contributed by atoms with van der Waals surface area (Å²) >= 11 is 1.83. The third kappa shape index (κ3) is 4.91. The number of benzene rings is 1. The standard InChI is InChI=1S/C20H26N2O2S/c1-2-22(14-20(23)24)18-8-10-21(11-9-18)13-19-12-17(15-25-19)16-6-4-3-5-7-16/h3-7,12,15,18H,2,8-11,13-14H2,1H3,(H,23,24). The smallest absolute Gasteiger partial charge is 0.317 e. The quantitative estimate of drug-likeness (QED) is 0.818. The van der Waals surface area contributed by atoms with Crippen molar-refractivity contribution in [1.29, 1.82) is 0 Å². The number of thiophene rings is 1. The van der Waals surface area contributed by atoms with E-state index in [0.717, 1.165) is 39.0 Å². The lowest BCUT2D eigenvalue weighted by Gasteiger charge is -2.37. The van der Waals surface area contributed by atoms with Crippen molar-refractivity contribution in [2.24, 2.45) is 0 Å². The van der Waals surface area contributed by atoms with E-state index in [2.05, 4.69) is 45.5 Å². The van der Waals surface area contributed by atoms with Crippen LogP contribution in [0.25, 0.3) is 11.1 Å². The van der Waals surface area contributed by atoms with Crippen molar-refractivity contribution in [3.05, 3.63) is 46.7 Å². The molecule has 0 unspecified atom stereocenters. The van der Waals surface area contributed by atoms with E-state index in [1.165, 1.54) is 16.0 Å². The number of nitrogens with zero attached hydrogens (tertiary/aromatic N) is 2. The minimum atomic E-state index is -0.726. The van der Waals surface area contributed by atoms with Crippen LogP contribution in [0.5, 0.6) is 0 Å². The van der Waals surface area contributed by atoms with Crippen molar-refractivity contribution in [3.8, 4) is 11.1 Å². The molecule has 1 fully saturated rings. The maximum absolute atomic E-state index is 11.0. The average Bonchev–Trinajstić information content (AvgIpc) is 3.09. The molecule has 1 aliphatic heterocycles. The first-order chi connectivity index (χ1) is 12.2. The minimum Gasteiger partial charge on any atom is -0.480 e. The van der Waals surface area contributed by atoms with Gasteiger partial charge in [-0.25, -0.2) is 0 Å². The van der Waals surface area contributed by atoms with Crippen LogP contribution < -0.4 is 0 Å². The summed E-state index contributed by atoms with van der Waals surface area (Å²) in [5.74, 6) is -0.726. The van der Waals surface area contributed by atoms with Crippen molar-refractivity contribution in [2.75, 3.05) is 26.2 Å². The van der Waals surface area contributed by atoms with E-state index in [1.807, 2.05) is 24.3 Å². The fourth-order valence-corrected chi connectivity index (χ4v) is 4.52. The molecule has 0 saturated carbocycles. The number of carbonyl (C=O) groups is 1. The van der Waals surface area contributed by atoms with Crippen LogP contribution in [0.4, 0.5) is 0 Å². The highest BCUT2D eigenvalue weighted by Gasteiger charge is 2.25. The van der Waals surface area contributed by atoms with Gasteiger partial charge in [0.05, 0.1) is 6.54 Å². The molecule has 5 heteroatoms. The molecular formula is C20H26N2O2S. The van der Waals surface area contributed by atoms with E-state index in [9.17, 15) is 4.79 Å². The molecule has 1 aromatic heterocycles.